The molecular weight excluding hydrogens is 427 g/mol. The van der Waals surface area contributed by atoms with Crippen molar-refractivity contribution in [2.45, 2.75) is 53.1 Å². The van der Waals surface area contributed by atoms with Crippen molar-refractivity contribution in [2.75, 3.05) is 13.6 Å². The predicted molar refractivity (Wildman–Crippen MR) is 117 cm³/mol. The summed E-state index contributed by atoms with van der Waals surface area (Å²) in [5.74, 6) is 1.42. The smallest absolute Gasteiger partial charge is 0.251 e. The van der Waals surface area contributed by atoms with E-state index < -0.39 is 0 Å². The van der Waals surface area contributed by atoms with Gasteiger partial charge in [0, 0.05) is 31.7 Å². The fraction of sp³-hybridized carbons (Fsp3) is 0.579. The number of hydrogen-bond donors (Lipinski definition) is 3. The summed E-state index contributed by atoms with van der Waals surface area (Å²) in [6.07, 6.45) is 2.03. The van der Waals surface area contributed by atoms with E-state index in [0.29, 0.717) is 18.0 Å². The largest absolute Gasteiger partial charge is 0.356 e. The summed E-state index contributed by atoms with van der Waals surface area (Å²) < 4.78 is 0. The number of aliphatic imine (C=N–C) groups is 1. The Labute approximate surface area is 169 Å². The van der Waals surface area contributed by atoms with Crippen molar-refractivity contribution in [3.8, 4) is 0 Å². The third kappa shape index (κ3) is 9.67. The topological polar surface area (TPSA) is 65.5 Å². The van der Waals surface area contributed by atoms with Crippen LogP contribution >= 0.6 is 24.0 Å². The predicted octanol–water partition coefficient (Wildman–Crippen LogP) is 3.54. The van der Waals surface area contributed by atoms with Gasteiger partial charge in [0.25, 0.3) is 5.91 Å². The highest BCUT2D eigenvalue weighted by Gasteiger charge is 2.09. The molecule has 1 aromatic carbocycles. The Kier molecular flexibility index (Phi) is 12.3. The van der Waals surface area contributed by atoms with Gasteiger partial charge in [-0.3, -0.25) is 9.79 Å². The van der Waals surface area contributed by atoms with Crippen molar-refractivity contribution in [3.63, 3.8) is 0 Å². The normalized spacial score (nSPS) is 12.3. The summed E-state index contributed by atoms with van der Waals surface area (Å²) in [5, 5.41) is 9.58. The molecule has 5 nitrogen and oxygen atoms in total. The van der Waals surface area contributed by atoms with E-state index in [4.69, 9.17) is 0 Å². The van der Waals surface area contributed by atoms with Gasteiger partial charge in [0.2, 0.25) is 0 Å². The first-order valence-electron chi connectivity index (χ1n) is 8.80. The zero-order valence-corrected chi connectivity index (χ0v) is 18.4. The maximum absolute atomic E-state index is 12.2. The second-order valence-electron chi connectivity index (χ2n) is 6.52. The molecule has 142 valence electrons. The first kappa shape index (κ1) is 23.7. The van der Waals surface area contributed by atoms with Crippen molar-refractivity contribution in [2.24, 2.45) is 10.9 Å². The Morgan fingerprint density at radius 2 is 1.92 bits per heavy atom. The van der Waals surface area contributed by atoms with E-state index in [1.807, 2.05) is 31.2 Å². The first-order valence-corrected chi connectivity index (χ1v) is 8.80. The number of guanidine groups is 1. The molecule has 1 unspecified atom stereocenters. The van der Waals surface area contributed by atoms with Crippen LogP contribution in [-0.2, 0) is 6.54 Å². The molecule has 0 bridgehead atoms. The van der Waals surface area contributed by atoms with Crippen LogP contribution in [0.3, 0.4) is 0 Å². The molecule has 0 heterocycles. The minimum atomic E-state index is -0.0226. The van der Waals surface area contributed by atoms with Gasteiger partial charge in [-0.2, -0.15) is 0 Å². The van der Waals surface area contributed by atoms with Crippen molar-refractivity contribution < 1.29 is 4.79 Å². The monoisotopic (exact) mass is 460 g/mol. The maximum Gasteiger partial charge on any atom is 0.251 e. The highest BCUT2D eigenvalue weighted by Crippen LogP contribution is 2.06. The number of hydrogen-bond acceptors (Lipinski definition) is 2. The van der Waals surface area contributed by atoms with Crippen LogP contribution < -0.4 is 16.0 Å². The van der Waals surface area contributed by atoms with E-state index in [1.165, 1.54) is 0 Å². The van der Waals surface area contributed by atoms with Crippen molar-refractivity contribution in [1.29, 1.82) is 0 Å². The van der Waals surface area contributed by atoms with Gasteiger partial charge in [-0.25, -0.2) is 0 Å². The van der Waals surface area contributed by atoms with Crippen LogP contribution in [0.15, 0.2) is 29.3 Å². The van der Waals surface area contributed by atoms with Crippen molar-refractivity contribution >= 4 is 35.8 Å². The van der Waals surface area contributed by atoms with E-state index in [1.54, 1.807) is 7.05 Å². The Bertz CT molecular complexity index is 546. The second-order valence-corrected chi connectivity index (χ2v) is 6.52. The molecule has 3 N–H and O–H groups in total. The van der Waals surface area contributed by atoms with Gasteiger partial charge in [-0.05, 0) is 43.4 Å². The van der Waals surface area contributed by atoms with Crippen LogP contribution in [0.25, 0.3) is 0 Å². The Hall–Kier alpha value is -1.31. The van der Waals surface area contributed by atoms with E-state index in [2.05, 4.69) is 41.7 Å². The second kappa shape index (κ2) is 13.0. The molecule has 0 radical (unpaired) electrons. The molecule has 0 aliphatic rings. The third-order valence-electron chi connectivity index (χ3n) is 3.88. The van der Waals surface area contributed by atoms with E-state index in [0.717, 1.165) is 30.9 Å². The molecule has 1 atom stereocenters. The first-order chi connectivity index (χ1) is 11.5. The number of carbonyl (C=O) groups excluding carboxylic acids is 1. The van der Waals surface area contributed by atoms with Crippen molar-refractivity contribution in [3.05, 3.63) is 35.4 Å². The van der Waals surface area contributed by atoms with E-state index >= 15 is 0 Å². The summed E-state index contributed by atoms with van der Waals surface area (Å²) in [5.41, 5.74) is 1.75. The number of amides is 1. The number of halogens is 1. The molecule has 25 heavy (non-hydrogen) atoms. The van der Waals surface area contributed by atoms with Crippen LogP contribution in [0.4, 0.5) is 0 Å². The van der Waals surface area contributed by atoms with Gasteiger partial charge in [0.15, 0.2) is 5.96 Å². The summed E-state index contributed by atoms with van der Waals surface area (Å²) in [4.78, 5) is 16.4. The lowest BCUT2D eigenvalue weighted by atomic mass is 10.1. The molecule has 0 saturated heterocycles. The maximum atomic E-state index is 12.2. The summed E-state index contributed by atoms with van der Waals surface area (Å²) in [7, 11) is 1.76. The van der Waals surface area contributed by atoms with Crippen LogP contribution in [0.1, 0.15) is 56.5 Å². The average Bonchev–Trinajstić information content (AvgIpc) is 2.57. The van der Waals surface area contributed by atoms with Crippen molar-refractivity contribution in [1.82, 2.24) is 16.0 Å². The van der Waals surface area contributed by atoms with Crippen LogP contribution in [0.2, 0.25) is 0 Å². The molecular formula is C19H33IN4O. The Morgan fingerprint density at radius 1 is 1.20 bits per heavy atom. The Morgan fingerprint density at radius 3 is 2.52 bits per heavy atom. The highest BCUT2D eigenvalue weighted by molar-refractivity contribution is 14.0. The zero-order valence-electron chi connectivity index (χ0n) is 16.1. The lowest BCUT2D eigenvalue weighted by Crippen LogP contribution is -2.37. The quantitative estimate of drug-likeness (QED) is 0.316. The van der Waals surface area contributed by atoms with Gasteiger partial charge < -0.3 is 16.0 Å². The van der Waals surface area contributed by atoms with Gasteiger partial charge in [-0.1, -0.05) is 32.9 Å². The number of benzene rings is 1. The zero-order chi connectivity index (χ0) is 17.9. The molecule has 0 fully saturated rings. The Balaban J connectivity index is 0.00000576. The molecule has 0 aromatic heterocycles. The van der Waals surface area contributed by atoms with Gasteiger partial charge >= 0.3 is 0 Å². The summed E-state index contributed by atoms with van der Waals surface area (Å²) >= 11 is 0. The number of nitrogens with zero attached hydrogens (tertiary/aromatic N) is 1. The molecule has 1 amide bonds. The molecule has 0 saturated carbocycles. The molecule has 6 heteroatoms. The molecule has 0 aliphatic heterocycles. The fourth-order valence-electron chi connectivity index (χ4n) is 2.12. The van der Waals surface area contributed by atoms with Gasteiger partial charge in [-0.15, -0.1) is 24.0 Å². The highest BCUT2D eigenvalue weighted by atomic mass is 127. The summed E-state index contributed by atoms with van der Waals surface area (Å²) in [6, 6.07) is 7.87. The minimum absolute atomic E-state index is 0. The third-order valence-corrected chi connectivity index (χ3v) is 3.88. The number of carbonyl (C=O) groups is 1. The van der Waals surface area contributed by atoms with Gasteiger partial charge in [0.1, 0.15) is 0 Å². The molecule has 1 aromatic rings. The molecule has 0 spiro atoms. The lowest BCUT2D eigenvalue weighted by Gasteiger charge is -2.14. The standard InChI is InChI=1S/C19H32N4O.HI/c1-6-15(4)23-18(24)17-9-7-8-16(12-17)13-22-19(20-5)21-11-10-14(2)3;/h7-9,12,14-15H,6,10-11,13H2,1-5H3,(H,23,24)(H2,20,21,22);1H. The lowest BCUT2D eigenvalue weighted by molar-refractivity contribution is 0.0939. The van der Waals surface area contributed by atoms with Crippen LogP contribution in [0, 0.1) is 5.92 Å². The molecule has 1 rings (SSSR count). The van der Waals surface area contributed by atoms with E-state index in [9.17, 15) is 4.79 Å². The SMILES string of the molecule is CCC(C)NC(=O)c1cccc(CNC(=NC)NCCC(C)C)c1.I. The number of rotatable bonds is 8. The van der Waals surface area contributed by atoms with E-state index in [-0.39, 0.29) is 35.9 Å². The van der Waals surface area contributed by atoms with Crippen LogP contribution in [-0.4, -0.2) is 31.5 Å². The van der Waals surface area contributed by atoms with Crippen LogP contribution in [0.5, 0.6) is 0 Å². The van der Waals surface area contributed by atoms with Gasteiger partial charge in [0.05, 0.1) is 0 Å². The minimum Gasteiger partial charge on any atom is -0.356 e. The number of nitrogens with one attached hydrogen (secondary N) is 3. The average molecular weight is 460 g/mol. The summed E-state index contributed by atoms with van der Waals surface area (Å²) in [6.45, 7) is 10.0. The molecule has 0 aliphatic carbocycles. The fourth-order valence-corrected chi connectivity index (χ4v) is 2.12.